The Labute approximate surface area is 178 Å². The third kappa shape index (κ3) is 3.15. The number of piperidine rings is 1. The van der Waals surface area contributed by atoms with E-state index in [1.54, 1.807) is 13.2 Å². The van der Waals surface area contributed by atoms with Gasteiger partial charge in [-0.05, 0) is 74.2 Å². The number of aliphatic hydroxyl groups is 1. The highest BCUT2D eigenvalue weighted by Crippen LogP contribution is 2.56. The summed E-state index contributed by atoms with van der Waals surface area (Å²) in [7, 11) is 1.62. The predicted molar refractivity (Wildman–Crippen MR) is 113 cm³/mol. The van der Waals surface area contributed by atoms with Gasteiger partial charge in [0.25, 0.3) is 0 Å². The Balaban J connectivity index is 1.52. The van der Waals surface area contributed by atoms with E-state index in [9.17, 15) is 15.0 Å². The third-order valence-corrected chi connectivity index (χ3v) is 8.30. The molecule has 6 heteroatoms. The van der Waals surface area contributed by atoms with Crippen molar-refractivity contribution in [3.8, 4) is 5.75 Å². The van der Waals surface area contributed by atoms with Gasteiger partial charge < -0.3 is 19.8 Å². The van der Waals surface area contributed by atoms with Gasteiger partial charge in [0.05, 0.1) is 18.6 Å². The standard InChI is InChI=1S/C24H34N2O4/c1-30-13-6-22(28)25-10-7-23-8-11-26(16-17-2-3-17)21(24(23,29)9-12-25)14-18-4-5-19(27)15-20(18)23/h4-5,15,17,21,27,29H,2-3,6-14,16H2,1H3/t21-,23+,24-/m1/s1. The number of phenolic OH excluding ortho intramolecular Hbond substituents is 1. The van der Waals surface area contributed by atoms with E-state index in [2.05, 4.69) is 4.90 Å². The fraction of sp³-hybridized carbons (Fsp3) is 0.708. The van der Waals surface area contributed by atoms with Crippen LogP contribution in [0.15, 0.2) is 18.2 Å². The number of ether oxygens (including phenoxy) is 1. The lowest BCUT2D eigenvalue weighted by Gasteiger charge is -2.61. The molecule has 2 aliphatic carbocycles. The Morgan fingerprint density at radius 3 is 2.73 bits per heavy atom. The van der Waals surface area contributed by atoms with Crippen molar-refractivity contribution in [3.63, 3.8) is 0 Å². The Kier molecular flexibility index (Phi) is 5.07. The van der Waals surface area contributed by atoms with Crippen molar-refractivity contribution >= 4 is 5.91 Å². The second-order valence-corrected chi connectivity index (χ2v) is 9.88. The van der Waals surface area contributed by atoms with Gasteiger partial charge in [-0.1, -0.05) is 6.07 Å². The number of phenols is 1. The van der Waals surface area contributed by atoms with Crippen LogP contribution in [0.2, 0.25) is 0 Å². The lowest BCUT2D eigenvalue weighted by atomic mass is 9.52. The van der Waals surface area contributed by atoms with E-state index in [1.165, 1.54) is 18.4 Å². The van der Waals surface area contributed by atoms with Crippen molar-refractivity contribution < 1.29 is 19.7 Å². The monoisotopic (exact) mass is 414 g/mol. The average Bonchev–Trinajstić information content (AvgIpc) is 3.55. The predicted octanol–water partition coefficient (Wildman–Crippen LogP) is 2.06. The topological polar surface area (TPSA) is 73.2 Å². The number of likely N-dealkylation sites (tertiary alicyclic amines) is 2. The average molecular weight is 415 g/mol. The molecule has 5 rings (SSSR count). The molecule has 2 heterocycles. The molecule has 0 spiro atoms. The van der Waals surface area contributed by atoms with Crippen molar-refractivity contribution in [1.82, 2.24) is 9.80 Å². The summed E-state index contributed by atoms with van der Waals surface area (Å²) in [5, 5.41) is 22.6. The normalized spacial score (nSPS) is 33.5. The van der Waals surface area contributed by atoms with Crippen LogP contribution in [0, 0.1) is 5.92 Å². The lowest BCUT2D eigenvalue weighted by molar-refractivity contribution is -0.149. The van der Waals surface area contributed by atoms with Gasteiger partial charge in [-0.2, -0.15) is 0 Å². The zero-order valence-electron chi connectivity index (χ0n) is 18.0. The molecule has 0 aromatic heterocycles. The van der Waals surface area contributed by atoms with Crippen LogP contribution >= 0.6 is 0 Å². The van der Waals surface area contributed by atoms with Crippen molar-refractivity contribution in [1.29, 1.82) is 0 Å². The Morgan fingerprint density at radius 2 is 1.97 bits per heavy atom. The van der Waals surface area contributed by atoms with Gasteiger partial charge in [-0.25, -0.2) is 0 Å². The first kappa shape index (κ1) is 20.3. The molecular weight excluding hydrogens is 380 g/mol. The Hall–Kier alpha value is -1.63. The quantitative estimate of drug-likeness (QED) is 0.772. The number of methoxy groups -OCH3 is 1. The molecule has 2 N–H and O–H groups in total. The molecule has 2 saturated heterocycles. The number of hydrogen-bond acceptors (Lipinski definition) is 5. The Morgan fingerprint density at radius 1 is 1.20 bits per heavy atom. The first-order chi connectivity index (χ1) is 14.5. The first-order valence-electron chi connectivity index (χ1n) is 11.5. The highest BCUT2D eigenvalue weighted by Gasteiger charge is 2.63. The molecule has 1 amide bonds. The number of aromatic hydroxyl groups is 1. The second kappa shape index (κ2) is 7.50. The van der Waals surface area contributed by atoms with E-state index < -0.39 is 11.0 Å². The molecule has 0 unspecified atom stereocenters. The molecule has 2 bridgehead atoms. The van der Waals surface area contributed by atoms with E-state index >= 15 is 0 Å². The molecular formula is C24H34N2O4. The van der Waals surface area contributed by atoms with Gasteiger partial charge in [-0.15, -0.1) is 0 Å². The largest absolute Gasteiger partial charge is 0.508 e. The third-order valence-electron chi connectivity index (χ3n) is 8.30. The van der Waals surface area contributed by atoms with Gasteiger partial charge in [0.15, 0.2) is 0 Å². The number of nitrogens with zero attached hydrogens (tertiary/aromatic N) is 2. The Bertz CT molecular complexity index is 825. The molecule has 4 aliphatic rings. The number of carbonyl (C=O) groups is 1. The number of hydrogen-bond donors (Lipinski definition) is 2. The van der Waals surface area contributed by atoms with E-state index in [0.717, 1.165) is 43.8 Å². The second-order valence-electron chi connectivity index (χ2n) is 9.88. The minimum absolute atomic E-state index is 0.0814. The number of fused-ring (bicyclic) bond motifs is 1. The van der Waals surface area contributed by atoms with Crippen molar-refractivity contribution in [2.75, 3.05) is 39.9 Å². The number of amides is 1. The van der Waals surface area contributed by atoms with Crippen LogP contribution in [0.3, 0.4) is 0 Å². The molecule has 3 fully saturated rings. The summed E-state index contributed by atoms with van der Waals surface area (Å²) in [5.41, 5.74) is 1.08. The maximum absolute atomic E-state index is 12.7. The number of carbonyl (C=O) groups excluding carboxylic acids is 1. The minimum Gasteiger partial charge on any atom is -0.508 e. The molecule has 164 valence electrons. The minimum atomic E-state index is -0.878. The molecule has 2 aliphatic heterocycles. The zero-order valence-corrected chi connectivity index (χ0v) is 18.0. The van der Waals surface area contributed by atoms with Crippen LogP contribution < -0.4 is 0 Å². The number of rotatable bonds is 5. The maximum Gasteiger partial charge on any atom is 0.224 e. The molecule has 1 aromatic carbocycles. The summed E-state index contributed by atoms with van der Waals surface area (Å²) < 4.78 is 5.10. The van der Waals surface area contributed by atoms with E-state index in [-0.39, 0.29) is 17.7 Å². The summed E-state index contributed by atoms with van der Waals surface area (Å²) in [6.45, 7) is 3.72. The molecule has 1 aromatic rings. The van der Waals surface area contributed by atoms with Crippen LogP contribution in [-0.2, 0) is 21.4 Å². The van der Waals surface area contributed by atoms with Crippen molar-refractivity contribution in [3.05, 3.63) is 29.3 Å². The van der Waals surface area contributed by atoms with Gasteiger partial charge in [-0.3, -0.25) is 9.69 Å². The van der Waals surface area contributed by atoms with Gasteiger partial charge >= 0.3 is 0 Å². The van der Waals surface area contributed by atoms with Crippen molar-refractivity contribution in [2.45, 2.75) is 62.0 Å². The lowest BCUT2D eigenvalue weighted by Crippen LogP contribution is -2.71. The van der Waals surface area contributed by atoms with Crippen LogP contribution in [-0.4, -0.2) is 77.5 Å². The van der Waals surface area contributed by atoms with Crippen LogP contribution in [0.4, 0.5) is 0 Å². The molecule has 1 saturated carbocycles. The summed E-state index contributed by atoms with van der Waals surface area (Å²) in [4.78, 5) is 17.2. The van der Waals surface area contributed by atoms with Gasteiger partial charge in [0.1, 0.15) is 5.75 Å². The molecule has 3 atom stereocenters. The molecule has 6 nitrogen and oxygen atoms in total. The fourth-order valence-corrected chi connectivity index (χ4v) is 6.46. The summed E-state index contributed by atoms with van der Waals surface area (Å²) in [6, 6.07) is 5.79. The zero-order chi connectivity index (χ0) is 20.9. The highest BCUT2D eigenvalue weighted by atomic mass is 16.5. The van der Waals surface area contributed by atoms with Gasteiger partial charge in [0.2, 0.25) is 5.91 Å². The van der Waals surface area contributed by atoms with Crippen molar-refractivity contribution in [2.24, 2.45) is 5.92 Å². The van der Waals surface area contributed by atoms with E-state index in [4.69, 9.17) is 4.74 Å². The SMILES string of the molecule is COCCC(=O)N1CC[C@]23CCN(CC4CC4)[C@H](Cc4ccc(O)cc42)[C@]3(O)CC1. The van der Waals surface area contributed by atoms with E-state index in [0.29, 0.717) is 32.5 Å². The first-order valence-corrected chi connectivity index (χ1v) is 11.5. The molecule has 30 heavy (non-hydrogen) atoms. The van der Waals surface area contributed by atoms with Gasteiger partial charge in [0, 0.05) is 38.2 Å². The van der Waals surface area contributed by atoms with E-state index in [1.807, 2.05) is 17.0 Å². The van der Waals surface area contributed by atoms with Crippen LogP contribution in [0.5, 0.6) is 5.75 Å². The van der Waals surface area contributed by atoms with Crippen LogP contribution in [0.1, 0.15) is 49.7 Å². The fourth-order valence-electron chi connectivity index (χ4n) is 6.46. The van der Waals surface area contributed by atoms with Crippen LogP contribution in [0.25, 0.3) is 0 Å². The summed E-state index contributed by atoms with van der Waals surface area (Å²) in [6.07, 6.45) is 6.02. The summed E-state index contributed by atoms with van der Waals surface area (Å²) in [5.74, 6) is 1.15. The number of benzene rings is 1. The summed E-state index contributed by atoms with van der Waals surface area (Å²) >= 11 is 0. The maximum atomic E-state index is 12.7. The molecule has 0 radical (unpaired) electrons. The smallest absolute Gasteiger partial charge is 0.224 e. The highest BCUT2D eigenvalue weighted by molar-refractivity contribution is 5.76.